The Labute approximate surface area is 396 Å². The van der Waals surface area contributed by atoms with Crippen molar-refractivity contribution in [2.75, 3.05) is 38.2 Å². The van der Waals surface area contributed by atoms with E-state index in [1.54, 1.807) is 11.8 Å². The van der Waals surface area contributed by atoms with Gasteiger partial charge in [0.2, 0.25) is 5.91 Å². The molecule has 7 N–H and O–H groups in total. The molecule has 10 nitrogen and oxygen atoms in total. The minimum absolute atomic E-state index is 0.0978. The SMILES string of the molecule is CCCCCCCCCCCC(SC)C(SC)[C@@H](O)[C@H](CO[C@@H]1O[C@H](CO)[C@@H](O)[C@H](O)[C@H]1O)NC(=O)[C@H](O)CCCCCCCCCCC(SC)C(CCCCCCCC)SC. The van der Waals surface area contributed by atoms with Crippen molar-refractivity contribution in [1.29, 1.82) is 0 Å². The van der Waals surface area contributed by atoms with Gasteiger partial charge >= 0.3 is 0 Å². The van der Waals surface area contributed by atoms with Crippen LogP contribution in [-0.2, 0) is 14.3 Å². The van der Waals surface area contributed by atoms with Crippen LogP contribution < -0.4 is 5.32 Å². The first kappa shape index (κ1) is 60.6. The van der Waals surface area contributed by atoms with Crippen LogP contribution in [0.3, 0.4) is 0 Å². The van der Waals surface area contributed by atoms with Crippen molar-refractivity contribution in [2.24, 2.45) is 0 Å². The van der Waals surface area contributed by atoms with Crippen molar-refractivity contribution in [1.82, 2.24) is 5.32 Å². The second-order valence-electron chi connectivity index (χ2n) is 17.8. The van der Waals surface area contributed by atoms with E-state index in [0.717, 1.165) is 49.0 Å². The first-order valence-corrected chi connectivity index (χ1v) is 29.9. The molecule has 0 spiro atoms. The maximum atomic E-state index is 13.4. The number of carbonyl (C=O) groups excluding carboxylic acids is 1. The van der Waals surface area contributed by atoms with Gasteiger partial charge in [-0.25, -0.2) is 0 Å². The highest BCUT2D eigenvalue weighted by Crippen LogP contribution is 2.32. The van der Waals surface area contributed by atoms with E-state index in [1.807, 2.05) is 12.5 Å². The Bertz CT molecular complexity index is 1040. The maximum Gasteiger partial charge on any atom is 0.249 e. The van der Waals surface area contributed by atoms with E-state index in [0.29, 0.717) is 12.8 Å². The van der Waals surface area contributed by atoms with Crippen molar-refractivity contribution < 1.29 is 44.9 Å². The van der Waals surface area contributed by atoms with Gasteiger partial charge in [-0.2, -0.15) is 47.0 Å². The summed E-state index contributed by atoms with van der Waals surface area (Å²) in [4.78, 5) is 13.4. The normalized spacial score (nSPS) is 22.8. The van der Waals surface area contributed by atoms with Gasteiger partial charge < -0.3 is 45.4 Å². The lowest BCUT2D eigenvalue weighted by Crippen LogP contribution is -2.60. The molecule has 0 aromatic carbocycles. The molecule has 1 saturated heterocycles. The van der Waals surface area contributed by atoms with Crippen molar-refractivity contribution in [3.63, 3.8) is 0 Å². The van der Waals surface area contributed by atoms with E-state index in [9.17, 15) is 35.4 Å². The summed E-state index contributed by atoms with van der Waals surface area (Å²) in [5.41, 5.74) is 0. The molecule has 1 aliphatic rings. The van der Waals surface area contributed by atoms with Gasteiger partial charge in [0.05, 0.1) is 25.4 Å². The topological polar surface area (TPSA) is 169 Å². The summed E-state index contributed by atoms with van der Waals surface area (Å²) in [7, 11) is 0. The fourth-order valence-corrected chi connectivity index (χ4v) is 13.4. The molecule has 0 aromatic rings. The van der Waals surface area contributed by atoms with Gasteiger partial charge in [0.15, 0.2) is 6.29 Å². The largest absolute Gasteiger partial charge is 0.394 e. The van der Waals surface area contributed by atoms with Crippen molar-refractivity contribution in [2.45, 2.75) is 257 Å². The number of amides is 1. The van der Waals surface area contributed by atoms with Crippen LogP contribution in [0.4, 0.5) is 0 Å². The summed E-state index contributed by atoms with van der Waals surface area (Å²) in [5, 5.41) is 67.9. The Kier molecular flexibility index (Phi) is 38.6. The molecule has 4 unspecified atom stereocenters. The summed E-state index contributed by atoms with van der Waals surface area (Å²) in [6.45, 7) is 3.63. The average Bonchev–Trinajstić information content (AvgIpc) is 3.28. The van der Waals surface area contributed by atoms with Gasteiger partial charge in [0.25, 0.3) is 0 Å². The van der Waals surface area contributed by atoms with Crippen LogP contribution in [0.5, 0.6) is 0 Å². The number of nitrogens with one attached hydrogen (secondary N) is 1. The number of unbranched alkanes of at least 4 members (excludes halogenated alkanes) is 20. The number of hydrogen-bond acceptors (Lipinski definition) is 13. The van der Waals surface area contributed by atoms with Crippen molar-refractivity contribution in [3.05, 3.63) is 0 Å². The number of aliphatic hydroxyl groups excluding tert-OH is 6. The zero-order valence-electron chi connectivity index (χ0n) is 40.0. The molecule has 12 atom stereocenters. The highest BCUT2D eigenvalue weighted by atomic mass is 32.2. The van der Waals surface area contributed by atoms with Crippen molar-refractivity contribution in [3.8, 4) is 0 Å². The maximum absolute atomic E-state index is 13.4. The number of thioether (sulfide) groups is 4. The molecular weight excluding hydrogens is 863 g/mol. The fraction of sp³-hybridized carbons (Fsp3) is 0.979. The van der Waals surface area contributed by atoms with E-state index >= 15 is 0 Å². The Morgan fingerprint density at radius 2 is 0.968 bits per heavy atom. The van der Waals surface area contributed by atoms with E-state index in [1.165, 1.54) is 134 Å². The average molecular weight is 959 g/mol. The molecule has 1 fully saturated rings. The van der Waals surface area contributed by atoms with Gasteiger partial charge in [0.1, 0.15) is 30.5 Å². The number of ether oxygens (including phenoxy) is 2. The third kappa shape index (κ3) is 25.6. The lowest BCUT2D eigenvalue weighted by Gasteiger charge is -2.40. The predicted molar refractivity (Wildman–Crippen MR) is 269 cm³/mol. The number of carbonyl (C=O) groups is 1. The van der Waals surface area contributed by atoms with Crippen LogP contribution in [0.1, 0.15) is 187 Å². The number of rotatable bonds is 42. The van der Waals surface area contributed by atoms with Crippen molar-refractivity contribution >= 4 is 53.0 Å². The molecule has 14 heteroatoms. The molecular formula is C48H95NO9S4. The molecule has 0 saturated carbocycles. The lowest BCUT2D eigenvalue weighted by atomic mass is 9.99. The van der Waals surface area contributed by atoms with E-state index in [4.69, 9.17) is 9.47 Å². The zero-order chi connectivity index (χ0) is 46.0. The molecule has 1 heterocycles. The minimum atomic E-state index is -1.61. The standard InChI is InChI=1S/C48H95NO9S4/c1-7-9-11-13-15-16-21-25-29-33-41(61-5)46(62-6)42(52)36(35-57-48-45(55)44(54)43(53)38(34-50)58-48)49-47(56)37(51)30-26-22-19-17-18-20-24-28-32-40(60-4)39(59-3)31-27-23-14-12-10-8-2/h36-46,48,50-55H,7-35H2,1-6H3,(H,49,56)/t36-,37+,38+,39?,40?,41?,42-,43+,44-,45+,46?,48+/m0/s1. The van der Waals surface area contributed by atoms with E-state index in [2.05, 4.69) is 55.2 Å². The number of hydrogen-bond donors (Lipinski definition) is 7. The fourth-order valence-electron chi connectivity index (χ4n) is 8.63. The monoisotopic (exact) mass is 958 g/mol. The minimum Gasteiger partial charge on any atom is -0.394 e. The molecule has 370 valence electrons. The van der Waals surface area contributed by atoms with Gasteiger partial charge in [-0.15, -0.1) is 0 Å². The van der Waals surface area contributed by atoms with Crippen LogP contribution in [0.2, 0.25) is 0 Å². The van der Waals surface area contributed by atoms with Crippen LogP contribution >= 0.6 is 47.0 Å². The zero-order valence-corrected chi connectivity index (χ0v) is 43.2. The van der Waals surface area contributed by atoms with Gasteiger partial charge in [-0.05, 0) is 50.7 Å². The Morgan fingerprint density at radius 1 is 0.565 bits per heavy atom. The Balaban J connectivity index is 2.65. The molecule has 0 radical (unpaired) electrons. The lowest BCUT2D eigenvalue weighted by molar-refractivity contribution is -0.302. The Hall–Kier alpha value is 0.550. The molecule has 0 bridgehead atoms. The summed E-state index contributed by atoms with van der Waals surface area (Å²) < 4.78 is 11.4. The summed E-state index contributed by atoms with van der Waals surface area (Å²) >= 11 is 7.33. The summed E-state index contributed by atoms with van der Waals surface area (Å²) in [6, 6.07) is -0.960. The van der Waals surface area contributed by atoms with Crippen LogP contribution in [0.25, 0.3) is 0 Å². The van der Waals surface area contributed by atoms with Gasteiger partial charge in [-0.1, -0.05) is 162 Å². The quantitative estimate of drug-likeness (QED) is 0.0289. The number of aliphatic hydroxyl groups is 6. The molecule has 62 heavy (non-hydrogen) atoms. The molecule has 0 aromatic heterocycles. The van der Waals surface area contributed by atoms with Gasteiger partial charge in [0, 0.05) is 21.0 Å². The second-order valence-corrected chi connectivity index (χ2v) is 22.0. The van der Waals surface area contributed by atoms with E-state index in [-0.39, 0.29) is 17.1 Å². The predicted octanol–water partition coefficient (Wildman–Crippen LogP) is 9.51. The van der Waals surface area contributed by atoms with Crippen LogP contribution in [0.15, 0.2) is 0 Å². The molecule has 1 rings (SSSR count). The van der Waals surface area contributed by atoms with Crippen LogP contribution in [0, 0.1) is 0 Å². The first-order valence-electron chi connectivity index (χ1n) is 24.7. The smallest absolute Gasteiger partial charge is 0.249 e. The highest BCUT2D eigenvalue weighted by molar-refractivity contribution is 8.03. The van der Waals surface area contributed by atoms with E-state index < -0.39 is 61.5 Å². The Morgan fingerprint density at radius 3 is 1.37 bits per heavy atom. The first-order chi connectivity index (χ1) is 30.0. The highest BCUT2D eigenvalue weighted by Gasteiger charge is 2.45. The summed E-state index contributed by atoms with van der Waals surface area (Å²) in [5.74, 6) is -0.592. The third-order valence-corrected chi connectivity index (χ3v) is 17.7. The van der Waals surface area contributed by atoms with Gasteiger partial charge in [-0.3, -0.25) is 4.79 Å². The molecule has 1 amide bonds. The second kappa shape index (κ2) is 39.5. The third-order valence-electron chi connectivity index (χ3n) is 12.8. The molecule has 1 aliphatic heterocycles. The molecule has 0 aliphatic carbocycles. The van der Waals surface area contributed by atoms with Crippen LogP contribution in [-0.4, -0.2) is 145 Å². The summed E-state index contributed by atoms with van der Waals surface area (Å²) in [6.07, 6.45) is 30.9.